The molecule has 0 bridgehead atoms. The van der Waals surface area contributed by atoms with Gasteiger partial charge in [-0.3, -0.25) is 0 Å². The maximum absolute atomic E-state index is 9.85. The summed E-state index contributed by atoms with van der Waals surface area (Å²) in [6, 6.07) is 0. The molecule has 0 fully saturated rings. The lowest BCUT2D eigenvalue weighted by atomic mass is 10.1. The molecule has 0 aromatic carbocycles. The number of aliphatic hydroxyl groups is 4. The van der Waals surface area contributed by atoms with Crippen LogP contribution in [0, 0.1) is 48.4 Å². The van der Waals surface area contributed by atoms with Crippen molar-refractivity contribution in [2.75, 3.05) is 0 Å². The second-order valence-corrected chi connectivity index (χ2v) is 7.90. The van der Waals surface area contributed by atoms with Crippen molar-refractivity contribution in [3.8, 4) is 48.4 Å². The largest absolute Gasteiger partial charge is 0.377 e. The van der Waals surface area contributed by atoms with Crippen molar-refractivity contribution in [3.63, 3.8) is 0 Å². The minimum atomic E-state index is -0.903. The molecule has 0 amide bonds. The van der Waals surface area contributed by atoms with Gasteiger partial charge in [0.25, 0.3) is 0 Å². The molecule has 0 aromatic rings. The Kier molecular flexibility index (Phi) is 21.6. The highest BCUT2D eigenvalue weighted by molar-refractivity contribution is 5.17. The fourth-order valence-corrected chi connectivity index (χ4v) is 2.88. The van der Waals surface area contributed by atoms with Crippen molar-refractivity contribution in [2.24, 2.45) is 0 Å². The lowest BCUT2D eigenvalue weighted by Gasteiger charge is -1.98. The smallest absolute Gasteiger partial charge is 0.133 e. The summed E-state index contributed by atoms with van der Waals surface area (Å²) in [6.45, 7) is 0. The Bertz CT molecular complexity index is 733. The molecule has 0 rings (SSSR count). The third kappa shape index (κ3) is 22.5. The number of hydrogen-bond donors (Lipinski definition) is 4. The molecule has 0 heterocycles. The van der Waals surface area contributed by atoms with Crippen molar-refractivity contribution in [1.82, 2.24) is 0 Å². The Hall–Kier alpha value is -2.70. The molecule has 0 spiro atoms. The first-order chi connectivity index (χ1) is 16.5. The van der Waals surface area contributed by atoms with Crippen LogP contribution in [0.1, 0.15) is 77.0 Å². The van der Waals surface area contributed by atoms with Gasteiger partial charge < -0.3 is 20.4 Å². The first kappa shape index (κ1) is 31.3. The molecule has 4 N–H and O–H groups in total. The fraction of sp³-hybridized carbons (Fsp3) is 0.533. The highest BCUT2D eigenvalue weighted by Gasteiger charge is 1.96. The van der Waals surface area contributed by atoms with E-state index in [1.165, 1.54) is 12.2 Å². The Morgan fingerprint density at radius 1 is 0.500 bits per heavy atom. The van der Waals surface area contributed by atoms with Crippen LogP contribution in [0.4, 0.5) is 0 Å². The van der Waals surface area contributed by atoms with E-state index in [0.29, 0.717) is 0 Å². The van der Waals surface area contributed by atoms with Crippen LogP contribution in [0.3, 0.4) is 0 Å². The van der Waals surface area contributed by atoms with Gasteiger partial charge in [-0.1, -0.05) is 61.5 Å². The van der Waals surface area contributed by atoms with Crippen molar-refractivity contribution in [3.05, 3.63) is 36.5 Å². The first-order valence-corrected chi connectivity index (χ1v) is 12.1. The van der Waals surface area contributed by atoms with Crippen LogP contribution in [-0.4, -0.2) is 44.8 Å². The van der Waals surface area contributed by atoms with Crippen LogP contribution in [0.5, 0.6) is 0 Å². The van der Waals surface area contributed by atoms with Crippen LogP contribution in [0.25, 0.3) is 0 Å². The molecule has 0 saturated carbocycles. The summed E-state index contributed by atoms with van der Waals surface area (Å²) in [5.74, 6) is 15.9. The summed E-state index contributed by atoms with van der Waals surface area (Å²) in [7, 11) is 0. The van der Waals surface area contributed by atoms with Crippen LogP contribution in [-0.2, 0) is 0 Å². The van der Waals surface area contributed by atoms with E-state index in [1.807, 2.05) is 12.2 Å². The first-order valence-electron chi connectivity index (χ1n) is 12.1. The highest BCUT2D eigenvalue weighted by Crippen LogP contribution is 2.07. The Morgan fingerprint density at radius 2 is 0.882 bits per heavy atom. The molecule has 4 unspecified atom stereocenters. The number of aliphatic hydroxyl groups excluding tert-OH is 4. The summed E-state index contributed by atoms with van der Waals surface area (Å²) in [5, 5.41) is 38.1. The molecular weight excluding hydrogens is 424 g/mol. The molecule has 0 radical (unpaired) electrons. The molecule has 4 heteroatoms. The van der Waals surface area contributed by atoms with Gasteiger partial charge in [-0.25, -0.2) is 0 Å². The van der Waals surface area contributed by atoms with Crippen LogP contribution < -0.4 is 0 Å². The molecule has 0 aromatic heterocycles. The van der Waals surface area contributed by atoms with E-state index in [2.05, 4.69) is 35.5 Å². The van der Waals surface area contributed by atoms with Gasteiger partial charge in [0, 0.05) is 12.8 Å². The molecule has 4 atom stereocenters. The van der Waals surface area contributed by atoms with Crippen LogP contribution in [0.2, 0.25) is 0 Å². The predicted octanol–water partition coefficient (Wildman–Crippen LogP) is 4.05. The van der Waals surface area contributed by atoms with Crippen LogP contribution in [0.15, 0.2) is 36.5 Å². The minimum Gasteiger partial charge on any atom is -0.377 e. The van der Waals surface area contributed by atoms with Gasteiger partial charge in [-0.15, -0.1) is 24.7 Å². The highest BCUT2D eigenvalue weighted by atomic mass is 16.3. The van der Waals surface area contributed by atoms with E-state index in [9.17, 15) is 20.4 Å². The van der Waals surface area contributed by atoms with Gasteiger partial charge in [0.1, 0.15) is 24.4 Å². The Balaban J connectivity index is 3.78. The SMILES string of the molecule is C#CC(O)/C=C/CCCCCCC#CC(O)/C=C\C(O)C#CCCCCCC/C=C/C(O)C#C. The number of hydrogen-bond acceptors (Lipinski definition) is 4. The summed E-state index contributed by atoms with van der Waals surface area (Å²) < 4.78 is 0. The van der Waals surface area contributed by atoms with E-state index in [1.54, 1.807) is 12.2 Å². The monoisotopic (exact) mass is 464 g/mol. The van der Waals surface area contributed by atoms with Gasteiger partial charge in [0.15, 0.2) is 0 Å². The molecule has 34 heavy (non-hydrogen) atoms. The summed E-state index contributed by atoms with van der Waals surface area (Å²) in [6.07, 6.45) is 28.4. The normalized spacial score (nSPS) is 14.5. The van der Waals surface area contributed by atoms with Crippen LogP contribution >= 0.6 is 0 Å². The zero-order chi connectivity index (χ0) is 25.3. The lowest BCUT2D eigenvalue weighted by Crippen LogP contribution is -2.02. The summed E-state index contributed by atoms with van der Waals surface area (Å²) >= 11 is 0. The second-order valence-electron chi connectivity index (χ2n) is 7.90. The maximum Gasteiger partial charge on any atom is 0.133 e. The third-order valence-corrected chi connectivity index (χ3v) is 4.80. The second kappa shape index (κ2) is 23.5. The van der Waals surface area contributed by atoms with Gasteiger partial charge in [-0.05, 0) is 62.8 Å². The van der Waals surface area contributed by atoms with E-state index in [4.69, 9.17) is 12.8 Å². The standard InChI is InChI=1S/C30H40O4/c1-3-27(31)21-17-13-9-5-7-11-15-19-23-29(33)25-26-30(34)24-20-16-12-8-6-10-14-18-22-28(32)4-2/h1-2,17-18,21-22,25-34H,5-16H2/b21-17+,22-18+,26-25-. The van der Waals surface area contributed by atoms with E-state index >= 15 is 0 Å². The predicted molar refractivity (Wildman–Crippen MR) is 140 cm³/mol. The lowest BCUT2D eigenvalue weighted by molar-refractivity contribution is 0.265. The zero-order valence-electron chi connectivity index (χ0n) is 20.2. The number of rotatable bonds is 16. The molecule has 0 aliphatic rings. The van der Waals surface area contributed by atoms with Gasteiger partial charge in [0.2, 0.25) is 0 Å². The third-order valence-electron chi connectivity index (χ3n) is 4.80. The molecule has 0 aliphatic heterocycles. The average molecular weight is 465 g/mol. The van der Waals surface area contributed by atoms with Gasteiger partial charge in [0.05, 0.1) is 0 Å². The Morgan fingerprint density at radius 3 is 1.26 bits per heavy atom. The van der Waals surface area contributed by atoms with Crippen molar-refractivity contribution >= 4 is 0 Å². The molecule has 184 valence electrons. The van der Waals surface area contributed by atoms with E-state index in [0.717, 1.165) is 77.0 Å². The Labute approximate surface area is 206 Å². The molecule has 0 saturated heterocycles. The van der Waals surface area contributed by atoms with Gasteiger partial charge in [-0.2, -0.15) is 0 Å². The van der Waals surface area contributed by atoms with E-state index in [-0.39, 0.29) is 0 Å². The number of terminal acetylenes is 2. The molecular formula is C30H40O4. The maximum atomic E-state index is 9.85. The number of allylic oxidation sites excluding steroid dienone is 2. The fourth-order valence-electron chi connectivity index (χ4n) is 2.88. The van der Waals surface area contributed by atoms with Crippen molar-refractivity contribution in [1.29, 1.82) is 0 Å². The molecule has 0 aliphatic carbocycles. The van der Waals surface area contributed by atoms with E-state index < -0.39 is 24.4 Å². The van der Waals surface area contributed by atoms with Gasteiger partial charge >= 0.3 is 0 Å². The zero-order valence-corrected chi connectivity index (χ0v) is 20.2. The number of unbranched alkanes of at least 4 members (excludes halogenated alkanes) is 10. The van der Waals surface area contributed by atoms with Crippen molar-refractivity contribution in [2.45, 2.75) is 101 Å². The quantitative estimate of drug-likeness (QED) is 0.158. The topological polar surface area (TPSA) is 80.9 Å². The average Bonchev–Trinajstić information content (AvgIpc) is 2.84. The minimum absolute atomic E-state index is 0.724. The summed E-state index contributed by atoms with van der Waals surface area (Å²) in [5.41, 5.74) is 0. The van der Waals surface area contributed by atoms with Crippen molar-refractivity contribution < 1.29 is 20.4 Å². The molecule has 4 nitrogen and oxygen atoms in total. The summed E-state index contributed by atoms with van der Waals surface area (Å²) in [4.78, 5) is 0.